The van der Waals surface area contributed by atoms with E-state index in [2.05, 4.69) is 16.5 Å². The predicted molar refractivity (Wildman–Crippen MR) is 62.7 cm³/mol. The first-order valence-corrected chi connectivity index (χ1v) is 5.82. The highest BCUT2D eigenvalue weighted by atomic mass is 16.5. The molecule has 0 aliphatic carbocycles. The number of hydrogen-bond acceptors (Lipinski definition) is 5. The molecule has 0 unspecified atom stereocenters. The van der Waals surface area contributed by atoms with Crippen molar-refractivity contribution in [1.29, 1.82) is 5.26 Å². The van der Waals surface area contributed by atoms with E-state index in [0.717, 1.165) is 11.3 Å². The zero-order chi connectivity index (χ0) is 13.2. The maximum Gasteiger partial charge on any atom is 0.247 e. The van der Waals surface area contributed by atoms with Gasteiger partial charge in [0.25, 0.3) is 0 Å². The van der Waals surface area contributed by atoms with Gasteiger partial charge in [0.05, 0.1) is 11.8 Å². The average molecular weight is 249 g/mol. The fraction of sp³-hybridized carbons (Fsp3) is 0.583. The Morgan fingerprint density at radius 2 is 2.11 bits per heavy atom. The third kappa shape index (κ3) is 2.09. The first kappa shape index (κ1) is 12.6. The van der Waals surface area contributed by atoms with Gasteiger partial charge in [0.15, 0.2) is 0 Å². The van der Waals surface area contributed by atoms with Gasteiger partial charge >= 0.3 is 0 Å². The Labute approximate surface area is 105 Å². The summed E-state index contributed by atoms with van der Waals surface area (Å²) < 4.78 is 10.2. The molecule has 0 aromatic carbocycles. The van der Waals surface area contributed by atoms with Gasteiger partial charge in [-0.15, -0.1) is 0 Å². The number of hydrogen-bond donors (Lipinski definition) is 1. The molecule has 6 heteroatoms. The molecule has 1 aliphatic heterocycles. The predicted octanol–water partition coefficient (Wildman–Crippen LogP) is 1.55. The lowest BCUT2D eigenvalue weighted by atomic mass is 9.81. The molecule has 2 heterocycles. The molecule has 1 aromatic heterocycles. The van der Waals surface area contributed by atoms with E-state index in [9.17, 15) is 10.1 Å². The molecule has 0 saturated carbocycles. The summed E-state index contributed by atoms with van der Waals surface area (Å²) in [6, 6.07) is 2.11. The van der Waals surface area contributed by atoms with Crippen LogP contribution in [0.3, 0.4) is 0 Å². The van der Waals surface area contributed by atoms with Crippen LogP contribution in [0.5, 0.6) is 0 Å². The molecule has 2 rings (SSSR count). The van der Waals surface area contributed by atoms with Gasteiger partial charge in [0, 0.05) is 18.8 Å². The van der Waals surface area contributed by atoms with Gasteiger partial charge in [0.1, 0.15) is 5.41 Å². The Bertz CT molecular complexity index is 495. The maximum absolute atomic E-state index is 12.2. The van der Waals surface area contributed by atoms with Crippen LogP contribution in [0.1, 0.15) is 24.1 Å². The van der Waals surface area contributed by atoms with Gasteiger partial charge in [-0.05, 0) is 26.7 Å². The van der Waals surface area contributed by atoms with Crippen molar-refractivity contribution in [3.05, 3.63) is 11.3 Å². The molecule has 1 aliphatic rings. The first-order chi connectivity index (χ1) is 8.59. The second kappa shape index (κ2) is 4.78. The highest BCUT2D eigenvalue weighted by Gasteiger charge is 2.41. The number of anilines is 1. The standard InChI is InChI=1S/C12H15N3O3/c1-8-9(2)15-18-10(8)14-11(16)12(7-13)3-5-17-6-4-12/h3-6H2,1-2H3,(H,14,16). The summed E-state index contributed by atoms with van der Waals surface area (Å²) in [4.78, 5) is 12.2. The van der Waals surface area contributed by atoms with Crippen molar-refractivity contribution in [2.45, 2.75) is 26.7 Å². The zero-order valence-electron chi connectivity index (χ0n) is 10.4. The summed E-state index contributed by atoms with van der Waals surface area (Å²) in [6.07, 6.45) is 0.809. The lowest BCUT2D eigenvalue weighted by Gasteiger charge is -2.28. The summed E-state index contributed by atoms with van der Waals surface area (Å²) in [5.41, 5.74) is 0.484. The monoisotopic (exact) mass is 249 g/mol. The van der Waals surface area contributed by atoms with Gasteiger partial charge in [-0.3, -0.25) is 10.1 Å². The number of rotatable bonds is 2. The van der Waals surface area contributed by atoms with Crippen LogP contribution in [0.4, 0.5) is 5.88 Å². The highest BCUT2D eigenvalue weighted by molar-refractivity contribution is 5.96. The molecule has 6 nitrogen and oxygen atoms in total. The van der Waals surface area contributed by atoms with Crippen LogP contribution in [0, 0.1) is 30.6 Å². The molecule has 1 fully saturated rings. The number of amides is 1. The summed E-state index contributed by atoms with van der Waals surface area (Å²) in [5, 5.41) is 15.7. The number of ether oxygens (including phenoxy) is 1. The van der Waals surface area contributed by atoms with Crippen molar-refractivity contribution in [1.82, 2.24) is 5.16 Å². The Kier molecular flexibility index (Phi) is 3.34. The van der Waals surface area contributed by atoms with Crippen LogP contribution >= 0.6 is 0 Å². The van der Waals surface area contributed by atoms with Crippen molar-refractivity contribution in [2.24, 2.45) is 5.41 Å². The van der Waals surface area contributed by atoms with Gasteiger partial charge < -0.3 is 9.26 Å². The number of carbonyl (C=O) groups is 1. The van der Waals surface area contributed by atoms with Crippen molar-refractivity contribution < 1.29 is 14.1 Å². The second-order valence-corrected chi connectivity index (χ2v) is 4.48. The lowest BCUT2D eigenvalue weighted by molar-refractivity contribution is -0.127. The van der Waals surface area contributed by atoms with E-state index in [1.54, 1.807) is 6.92 Å². The van der Waals surface area contributed by atoms with Gasteiger partial charge in [0.2, 0.25) is 11.8 Å². The quantitative estimate of drug-likeness (QED) is 0.859. The molecule has 96 valence electrons. The van der Waals surface area contributed by atoms with E-state index in [0.29, 0.717) is 31.9 Å². The molecule has 1 N–H and O–H groups in total. The van der Waals surface area contributed by atoms with E-state index in [1.165, 1.54) is 0 Å². The molecular formula is C12H15N3O3. The maximum atomic E-state index is 12.2. The smallest absolute Gasteiger partial charge is 0.247 e. The molecule has 1 amide bonds. The highest BCUT2D eigenvalue weighted by Crippen LogP contribution is 2.31. The number of aromatic nitrogens is 1. The van der Waals surface area contributed by atoms with Crippen LogP contribution in [-0.2, 0) is 9.53 Å². The van der Waals surface area contributed by atoms with Crippen molar-refractivity contribution in [3.8, 4) is 6.07 Å². The van der Waals surface area contributed by atoms with Crippen LogP contribution in [0.25, 0.3) is 0 Å². The van der Waals surface area contributed by atoms with Crippen LogP contribution in [-0.4, -0.2) is 24.3 Å². The Hall–Kier alpha value is -1.87. The van der Waals surface area contributed by atoms with E-state index in [1.807, 2.05) is 6.92 Å². The Balaban J connectivity index is 2.16. The molecule has 0 atom stereocenters. The number of aryl methyl sites for hydroxylation is 1. The molecule has 0 spiro atoms. The zero-order valence-corrected chi connectivity index (χ0v) is 10.4. The van der Waals surface area contributed by atoms with E-state index < -0.39 is 5.41 Å². The fourth-order valence-electron chi connectivity index (χ4n) is 1.86. The normalized spacial score (nSPS) is 18.1. The number of carbonyl (C=O) groups excluding carboxylic acids is 1. The minimum atomic E-state index is -1.02. The number of nitrogens with zero attached hydrogens (tertiary/aromatic N) is 2. The SMILES string of the molecule is Cc1noc(NC(=O)C2(C#N)CCOCC2)c1C. The van der Waals surface area contributed by atoms with E-state index >= 15 is 0 Å². The lowest BCUT2D eigenvalue weighted by Crippen LogP contribution is -2.40. The molecule has 0 bridgehead atoms. The van der Waals surface area contributed by atoms with E-state index in [4.69, 9.17) is 9.26 Å². The summed E-state index contributed by atoms with van der Waals surface area (Å²) >= 11 is 0. The van der Waals surface area contributed by atoms with E-state index in [-0.39, 0.29) is 5.91 Å². The second-order valence-electron chi connectivity index (χ2n) is 4.48. The topological polar surface area (TPSA) is 88.2 Å². The summed E-state index contributed by atoms with van der Waals surface area (Å²) in [6.45, 7) is 4.46. The van der Waals surface area contributed by atoms with Crippen LogP contribution < -0.4 is 5.32 Å². The minimum absolute atomic E-state index is 0.318. The largest absolute Gasteiger partial charge is 0.381 e. The third-order valence-corrected chi connectivity index (χ3v) is 3.38. The Morgan fingerprint density at radius 3 is 2.61 bits per heavy atom. The van der Waals surface area contributed by atoms with Gasteiger partial charge in [-0.2, -0.15) is 5.26 Å². The molecule has 1 saturated heterocycles. The van der Waals surface area contributed by atoms with Crippen molar-refractivity contribution in [2.75, 3.05) is 18.5 Å². The van der Waals surface area contributed by atoms with Crippen LogP contribution in [0.2, 0.25) is 0 Å². The fourth-order valence-corrected chi connectivity index (χ4v) is 1.86. The Morgan fingerprint density at radius 1 is 1.44 bits per heavy atom. The third-order valence-electron chi connectivity index (χ3n) is 3.38. The summed E-state index contributed by atoms with van der Waals surface area (Å²) in [5.74, 6) is -0.0221. The number of nitriles is 1. The average Bonchev–Trinajstić information content (AvgIpc) is 2.71. The van der Waals surface area contributed by atoms with Crippen molar-refractivity contribution in [3.63, 3.8) is 0 Å². The van der Waals surface area contributed by atoms with Gasteiger partial charge in [-0.1, -0.05) is 5.16 Å². The molecule has 0 radical (unpaired) electrons. The molecule has 1 aromatic rings. The van der Waals surface area contributed by atoms with Crippen LogP contribution in [0.15, 0.2) is 4.52 Å². The summed E-state index contributed by atoms with van der Waals surface area (Å²) in [7, 11) is 0. The first-order valence-electron chi connectivity index (χ1n) is 5.82. The molecule has 18 heavy (non-hydrogen) atoms. The number of nitrogens with one attached hydrogen (secondary N) is 1. The minimum Gasteiger partial charge on any atom is -0.381 e. The van der Waals surface area contributed by atoms with Crippen molar-refractivity contribution >= 4 is 11.8 Å². The molecular weight excluding hydrogens is 234 g/mol. The van der Waals surface area contributed by atoms with Gasteiger partial charge in [-0.25, -0.2) is 0 Å².